The van der Waals surface area contributed by atoms with Crippen molar-refractivity contribution in [2.45, 2.75) is 25.4 Å². The van der Waals surface area contributed by atoms with Gasteiger partial charge in [-0.05, 0) is 42.8 Å². The van der Waals surface area contributed by atoms with Crippen LogP contribution in [0.4, 0.5) is 16.2 Å². The van der Waals surface area contributed by atoms with Gasteiger partial charge in [-0.2, -0.15) is 5.26 Å². The number of nitrogens with zero attached hydrogens (tertiary/aromatic N) is 3. The Labute approximate surface area is 214 Å². The average Bonchev–Trinajstić information content (AvgIpc) is 3.21. The van der Waals surface area contributed by atoms with Crippen molar-refractivity contribution in [2.24, 2.45) is 13.0 Å². The van der Waals surface area contributed by atoms with Gasteiger partial charge in [0, 0.05) is 59.5 Å². The first-order valence-electron chi connectivity index (χ1n) is 12.7. The van der Waals surface area contributed by atoms with Crippen LogP contribution < -0.4 is 21.1 Å². The topological polar surface area (TPSA) is 96.3 Å². The number of carbonyl (C=O) groups is 1. The summed E-state index contributed by atoms with van der Waals surface area (Å²) in [5.41, 5.74) is 4.74. The summed E-state index contributed by atoms with van der Waals surface area (Å²) < 4.78 is 4.06. The Morgan fingerprint density at radius 2 is 1.97 bits per heavy atom. The number of fused-ring (bicyclic) bond motifs is 5. The fraction of sp³-hybridized carbons (Fsp3) is 0.276. The average molecular weight is 494 g/mol. The molecule has 2 aliphatic heterocycles. The van der Waals surface area contributed by atoms with Crippen LogP contribution in [0.15, 0.2) is 71.7 Å². The van der Waals surface area contributed by atoms with Crippen LogP contribution in [0.3, 0.4) is 0 Å². The van der Waals surface area contributed by atoms with Crippen LogP contribution in [-0.4, -0.2) is 28.3 Å². The van der Waals surface area contributed by atoms with Crippen molar-refractivity contribution in [1.29, 1.82) is 5.26 Å². The Kier molecular flexibility index (Phi) is 5.78. The number of benzene rings is 2. The number of urea groups is 1. The number of likely N-dealkylation sites (tertiary alicyclic amines) is 1. The molecule has 0 spiro atoms. The highest BCUT2D eigenvalue weighted by molar-refractivity contribution is 5.99. The Morgan fingerprint density at radius 1 is 1.11 bits per heavy atom. The van der Waals surface area contributed by atoms with Gasteiger partial charge in [0.2, 0.25) is 0 Å². The van der Waals surface area contributed by atoms with Gasteiger partial charge < -0.3 is 24.7 Å². The van der Waals surface area contributed by atoms with Gasteiger partial charge in [-0.1, -0.05) is 24.3 Å². The molecular formula is C29H29N6O2+. The molecule has 2 bridgehead atoms. The van der Waals surface area contributed by atoms with E-state index in [9.17, 15) is 9.59 Å². The van der Waals surface area contributed by atoms with Crippen molar-refractivity contribution in [3.63, 3.8) is 0 Å². The highest BCUT2D eigenvalue weighted by atomic mass is 16.2. The molecule has 4 heterocycles. The molecule has 0 saturated carbocycles. The zero-order valence-electron chi connectivity index (χ0n) is 20.7. The Morgan fingerprint density at radius 3 is 2.84 bits per heavy atom. The number of para-hydroxylation sites is 1. The summed E-state index contributed by atoms with van der Waals surface area (Å²) in [5, 5.41) is 15.8. The second-order valence-corrected chi connectivity index (χ2v) is 10.3. The van der Waals surface area contributed by atoms with Crippen LogP contribution in [0.1, 0.15) is 29.2 Å². The summed E-state index contributed by atoms with van der Waals surface area (Å²) in [6.45, 7) is 3.66. The summed E-state index contributed by atoms with van der Waals surface area (Å²) in [7, 11) is 2.10. The summed E-state index contributed by atoms with van der Waals surface area (Å²) in [4.78, 5) is 27.4. The van der Waals surface area contributed by atoms with Crippen molar-refractivity contribution in [3.05, 3.63) is 94.0 Å². The summed E-state index contributed by atoms with van der Waals surface area (Å²) in [5.74, 6) is 0.744. The molecule has 6 rings (SSSR count). The number of hydrogen-bond donors (Lipinski definition) is 3. The number of aromatic nitrogens is 2. The molecule has 0 aliphatic carbocycles. The van der Waals surface area contributed by atoms with Crippen LogP contribution in [0, 0.1) is 17.2 Å². The minimum atomic E-state index is -0.505. The third-order valence-corrected chi connectivity index (χ3v) is 7.71. The SMILES string of the molecule is Cn1cc(C[NH+]2C[C@@H]3C[C@H](C2)c2ccc(NC(=O)Nc4cccc(C#N)c4)c(=O)n2C3)c2ccccc21. The van der Waals surface area contributed by atoms with Gasteiger partial charge in [-0.3, -0.25) is 4.79 Å². The van der Waals surface area contributed by atoms with E-state index >= 15 is 0 Å². The van der Waals surface area contributed by atoms with Gasteiger partial charge in [0.05, 0.1) is 24.7 Å². The lowest BCUT2D eigenvalue weighted by Gasteiger charge is -2.40. The molecule has 2 aromatic carbocycles. The molecule has 1 saturated heterocycles. The monoisotopic (exact) mass is 493 g/mol. The second kappa shape index (κ2) is 9.26. The minimum Gasteiger partial charge on any atom is -0.350 e. The van der Waals surface area contributed by atoms with E-state index in [0.29, 0.717) is 29.6 Å². The number of rotatable bonds is 4. The predicted molar refractivity (Wildman–Crippen MR) is 143 cm³/mol. The quantitative estimate of drug-likeness (QED) is 0.408. The number of amides is 2. The lowest BCUT2D eigenvalue weighted by Crippen LogP contribution is -3.13. The highest BCUT2D eigenvalue weighted by Gasteiger charge is 2.37. The molecule has 2 aromatic heterocycles. The lowest BCUT2D eigenvalue weighted by atomic mass is 9.83. The molecule has 1 fully saturated rings. The Balaban J connectivity index is 1.18. The maximum absolute atomic E-state index is 13.3. The van der Waals surface area contributed by atoms with Crippen LogP contribution in [-0.2, 0) is 20.1 Å². The maximum atomic E-state index is 13.3. The molecule has 2 aliphatic rings. The second-order valence-electron chi connectivity index (χ2n) is 10.3. The lowest BCUT2D eigenvalue weighted by molar-refractivity contribution is -0.924. The van der Waals surface area contributed by atoms with E-state index in [2.05, 4.69) is 58.8 Å². The van der Waals surface area contributed by atoms with E-state index in [1.165, 1.54) is 16.5 Å². The third kappa shape index (κ3) is 4.39. The first-order valence-corrected chi connectivity index (χ1v) is 12.7. The smallest absolute Gasteiger partial charge is 0.323 e. The van der Waals surface area contributed by atoms with Gasteiger partial charge in [-0.25, -0.2) is 4.79 Å². The number of aryl methyl sites for hydroxylation is 1. The molecule has 3 atom stereocenters. The number of nitriles is 1. The van der Waals surface area contributed by atoms with Gasteiger partial charge in [0.1, 0.15) is 12.2 Å². The molecule has 37 heavy (non-hydrogen) atoms. The molecule has 8 nitrogen and oxygen atoms in total. The summed E-state index contributed by atoms with van der Waals surface area (Å²) >= 11 is 0. The summed E-state index contributed by atoms with van der Waals surface area (Å²) in [6, 6.07) is 20.5. The van der Waals surface area contributed by atoms with Gasteiger partial charge >= 0.3 is 6.03 Å². The van der Waals surface area contributed by atoms with E-state index in [0.717, 1.165) is 31.7 Å². The van der Waals surface area contributed by atoms with Crippen LogP contribution in [0.25, 0.3) is 10.9 Å². The number of pyridine rings is 1. The molecule has 186 valence electrons. The number of anilines is 2. The van der Waals surface area contributed by atoms with Crippen molar-refractivity contribution in [1.82, 2.24) is 9.13 Å². The molecule has 2 amide bonds. The zero-order chi connectivity index (χ0) is 25.5. The van der Waals surface area contributed by atoms with Crippen LogP contribution in [0.5, 0.6) is 0 Å². The summed E-state index contributed by atoms with van der Waals surface area (Å²) in [6.07, 6.45) is 3.35. The Hall–Kier alpha value is -4.35. The van der Waals surface area contributed by atoms with Crippen molar-refractivity contribution < 1.29 is 9.69 Å². The first-order chi connectivity index (χ1) is 18.0. The van der Waals surface area contributed by atoms with E-state index < -0.39 is 6.03 Å². The number of quaternary nitrogens is 1. The van der Waals surface area contributed by atoms with Crippen molar-refractivity contribution >= 4 is 28.3 Å². The van der Waals surface area contributed by atoms with Gasteiger partial charge in [0.25, 0.3) is 5.56 Å². The normalized spacial score (nSPS) is 20.2. The molecule has 8 heteroatoms. The number of hydrogen-bond acceptors (Lipinski definition) is 3. The zero-order valence-corrected chi connectivity index (χ0v) is 20.7. The molecule has 1 unspecified atom stereocenters. The van der Waals surface area contributed by atoms with Gasteiger partial charge in [-0.15, -0.1) is 0 Å². The fourth-order valence-electron chi connectivity index (χ4n) is 6.20. The third-order valence-electron chi connectivity index (χ3n) is 7.71. The maximum Gasteiger partial charge on any atom is 0.323 e. The van der Waals surface area contributed by atoms with Crippen molar-refractivity contribution in [2.75, 3.05) is 23.7 Å². The first kappa shape index (κ1) is 23.1. The molecular weight excluding hydrogens is 464 g/mol. The van der Waals surface area contributed by atoms with Crippen LogP contribution in [0.2, 0.25) is 0 Å². The molecule has 4 aromatic rings. The van der Waals surface area contributed by atoms with Crippen molar-refractivity contribution in [3.8, 4) is 6.07 Å². The highest BCUT2D eigenvalue weighted by Crippen LogP contribution is 2.31. The van der Waals surface area contributed by atoms with E-state index in [-0.39, 0.29) is 11.2 Å². The number of nitrogens with one attached hydrogen (secondary N) is 3. The van der Waals surface area contributed by atoms with Gasteiger partial charge in [0.15, 0.2) is 0 Å². The molecule has 3 N–H and O–H groups in total. The fourth-order valence-corrected chi connectivity index (χ4v) is 6.20. The minimum absolute atomic E-state index is 0.161. The van der Waals surface area contributed by atoms with E-state index in [4.69, 9.17) is 5.26 Å². The Bertz CT molecular complexity index is 1610. The standard InChI is InChI=1S/C29H28N6O2/c1-33-16-22(24-7-2-3-8-27(24)33)18-34-14-20-11-21(17-34)26-10-9-25(28(36)35(26)15-20)32-29(37)31-23-6-4-5-19(12-23)13-30/h2-10,12,16,20-21H,11,14-15,17-18H2,1H3,(H2,31,32,37)/p+1/t20-,21+/m0/s1. The van der Waals surface area contributed by atoms with E-state index in [1.54, 1.807) is 35.2 Å². The predicted octanol–water partition coefficient (Wildman–Crippen LogP) is 3.06. The largest absolute Gasteiger partial charge is 0.350 e. The number of carbonyl (C=O) groups excluding carboxylic acids is 1. The molecule has 0 radical (unpaired) electrons. The number of piperidine rings is 1. The van der Waals surface area contributed by atoms with Crippen LogP contribution >= 0.6 is 0 Å². The van der Waals surface area contributed by atoms with E-state index in [1.807, 2.05) is 10.6 Å².